The van der Waals surface area contributed by atoms with Crippen LogP contribution >= 0.6 is 0 Å². The molecule has 2 N–H and O–H groups in total. The topological polar surface area (TPSA) is 58.6 Å². The van der Waals surface area contributed by atoms with E-state index >= 15 is 0 Å². The molecule has 4 nitrogen and oxygen atoms in total. The van der Waals surface area contributed by atoms with Gasteiger partial charge in [0.05, 0.1) is 6.61 Å². The van der Waals surface area contributed by atoms with Gasteiger partial charge in [0, 0.05) is 6.04 Å². The largest absolute Gasteiger partial charge is 0.462 e. The minimum Gasteiger partial charge on any atom is -0.462 e. The second-order valence-electron chi connectivity index (χ2n) is 4.66. The molecule has 0 aliphatic carbocycles. The van der Waals surface area contributed by atoms with Gasteiger partial charge in [0.2, 0.25) is 0 Å². The summed E-state index contributed by atoms with van der Waals surface area (Å²) in [7, 11) is 0. The van der Waals surface area contributed by atoms with E-state index in [9.17, 15) is 4.79 Å². The van der Waals surface area contributed by atoms with Gasteiger partial charge in [0.25, 0.3) is 6.47 Å². The molecule has 1 saturated heterocycles. The van der Waals surface area contributed by atoms with Crippen LogP contribution in [-0.2, 0) is 9.53 Å². The Bertz CT molecular complexity index is 160. The van der Waals surface area contributed by atoms with Gasteiger partial charge in [0.1, 0.15) is 5.60 Å². The van der Waals surface area contributed by atoms with Gasteiger partial charge >= 0.3 is 0 Å². The molecule has 0 radical (unpaired) electrons. The molecule has 0 bridgehead atoms. The standard InChI is InChI=1S/C6H13NO.C5H10O2/c8-5-6-3-1-2-4-7-6;1-5(2,3)7-4-6/h6-8H,1-5H2;4H,1-3H3. The smallest absolute Gasteiger partial charge is 0.293 e. The molecule has 1 unspecified atom stereocenters. The summed E-state index contributed by atoms with van der Waals surface area (Å²) in [6.07, 6.45) is 3.70. The maximum absolute atomic E-state index is 9.60. The zero-order valence-corrected chi connectivity index (χ0v) is 9.95. The number of hydrogen-bond donors (Lipinski definition) is 2. The summed E-state index contributed by atoms with van der Waals surface area (Å²) in [5.74, 6) is 0. The highest BCUT2D eigenvalue weighted by Crippen LogP contribution is 2.05. The van der Waals surface area contributed by atoms with Crippen LogP contribution in [0.15, 0.2) is 0 Å². The summed E-state index contributed by atoms with van der Waals surface area (Å²) < 4.78 is 4.55. The number of piperidine rings is 1. The Kier molecular flexibility index (Phi) is 7.34. The van der Waals surface area contributed by atoms with Gasteiger partial charge in [0.15, 0.2) is 0 Å². The predicted molar refractivity (Wildman–Crippen MR) is 59.6 cm³/mol. The molecular weight excluding hydrogens is 194 g/mol. The lowest BCUT2D eigenvalue weighted by atomic mass is 10.1. The maximum atomic E-state index is 9.60. The van der Waals surface area contributed by atoms with Crippen LogP contribution < -0.4 is 5.32 Å². The molecule has 0 saturated carbocycles. The predicted octanol–water partition coefficient (Wildman–Crippen LogP) is 1.08. The Morgan fingerprint density at radius 1 is 1.47 bits per heavy atom. The van der Waals surface area contributed by atoms with Gasteiger partial charge in [-0.2, -0.15) is 0 Å². The lowest BCUT2D eigenvalue weighted by Gasteiger charge is -2.20. The zero-order valence-electron chi connectivity index (χ0n) is 9.95. The molecule has 0 spiro atoms. The number of aliphatic hydroxyl groups excluding tert-OH is 1. The lowest BCUT2D eigenvalue weighted by Crippen LogP contribution is -2.36. The Balaban J connectivity index is 0.000000265. The second-order valence-corrected chi connectivity index (χ2v) is 4.66. The SMILES string of the molecule is CC(C)(C)OC=O.OCC1CCCCN1. The third-order valence-electron chi connectivity index (χ3n) is 2.03. The Morgan fingerprint density at radius 3 is 2.33 bits per heavy atom. The molecule has 0 amide bonds. The first-order chi connectivity index (χ1) is 6.99. The number of aliphatic hydroxyl groups is 1. The molecule has 1 aliphatic rings. The number of nitrogens with one attached hydrogen (secondary N) is 1. The van der Waals surface area contributed by atoms with E-state index in [4.69, 9.17) is 5.11 Å². The molecule has 0 aromatic heterocycles. The average Bonchev–Trinajstić information content (AvgIpc) is 2.18. The third kappa shape index (κ3) is 9.69. The molecular formula is C11H23NO3. The van der Waals surface area contributed by atoms with Gasteiger partial charge in [-0.15, -0.1) is 0 Å². The van der Waals surface area contributed by atoms with Crippen molar-refractivity contribution in [2.75, 3.05) is 13.2 Å². The fraction of sp³-hybridized carbons (Fsp3) is 0.909. The summed E-state index contributed by atoms with van der Waals surface area (Å²) >= 11 is 0. The van der Waals surface area contributed by atoms with Crippen molar-refractivity contribution in [2.45, 2.75) is 51.7 Å². The minimum atomic E-state index is -0.318. The van der Waals surface area contributed by atoms with Gasteiger partial charge in [-0.3, -0.25) is 4.79 Å². The third-order valence-corrected chi connectivity index (χ3v) is 2.03. The molecule has 4 heteroatoms. The zero-order chi connectivity index (χ0) is 11.7. The number of carbonyl (C=O) groups is 1. The first-order valence-electron chi connectivity index (χ1n) is 5.45. The van der Waals surface area contributed by atoms with Crippen molar-refractivity contribution in [3.63, 3.8) is 0 Å². The van der Waals surface area contributed by atoms with Crippen LogP contribution in [0.5, 0.6) is 0 Å². The van der Waals surface area contributed by atoms with E-state index in [1.165, 1.54) is 12.8 Å². The van der Waals surface area contributed by atoms with Crippen molar-refractivity contribution in [2.24, 2.45) is 0 Å². The van der Waals surface area contributed by atoms with Crippen LogP contribution in [0.25, 0.3) is 0 Å². The van der Waals surface area contributed by atoms with Crippen molar-refractivity contribution in [3.8, 4) is 0 Å². The fourth-order valence-electron chi connectivity index (χ4n) is 1.22. The number of hydrogen-bond acceptors (Lipinski definition) is 4. The van der Waals surface area contributed by atoms with Crippen molar-refractivity contribution < 1.29 is 14.6 Å². The van der Waals surface area contributed by atoms with E-state index in [1.807, 2.05) is 20.8 Å². The number of rotatable bonds is 2. The summed E-state index contributed by atoms with van der Waals surface area (Å²) in [4.78, 5) is 9.60. The van der Waals surface area contributed by atoms with E-state index < -0.39 is 0 Å². The Morgan fingerprint density at radius 2 is 2.13 bits per heavy atom. The molecule has 1 heterocycles. The van der Waals surface area contributed by atoms with Crippen LogP contribution in [0.4, 0.5) is 0 Å². The summed E-state index contributed by atoms with van der Waals surface area (Å²) in [5, 5.41) is 11.8. The maximum Gasteiger partial charge on any atom is 0.293 e. The highest BCUT2D eigenvalue weighted by Gasteiger charge is 2.09. The second kappa shape index (κ2) is 7.65. The molecule has 90 valence electrons. The van der Waals surface area contributed by atoms with Crippen molar-refractivity contribution in [3.05, 3.63) is 0 Å². The molecule has 1 aliphatic heterocycles. The quantitative estimate of drug-likeness (QED) is 0.680. The van der Waals surface area contributed by atoms with Crippen molar-refractivity contribution >= 4 is 6.47 Å². The van der Waals surface area contributed by atoms with Gasteiger partial charge < -0.3 is 15.2 Å². The van der Waals surface area contributed by atoms with Crippen LogP contribution in [0.1, 0.15) is 40.0 Å². The Labute approximate surface area is 92.0 Å². The highest BCUT2D eigenvalue weighted by molar-refractivity contribution is 5.37. The molecule has 0 aromatic rings. The van der Waals surface area contributed by atoms with Crippen molar-refractivity contribution in [1.82, 2.24) is 5.32 Å². The van der Waals surface area contributed by atoms with E-state index in [0.29, 0.717) is 19.1 Å². The average molecular weight is 217 g/mol. The van der Waals surface area contributed by atoms with E-state index in [-0.39, 0.29) is 5.60 Å². The normalized spacial score (nSPS) is 21.2. The summed E-state index contributed by atoms with van der Waals surface area (Å²) in [6, 6.07) is 0.392. The van der Waals surface area contributed by atoms with Gasteiger partial charge in [-0.25, -0.2) is 0 Å². The summed E-state index contributed by atoms with van der Waals surface area (Å²) in [6.45, 7) is 7.31. The first-order valence-corrected chi connectivity index (χ1v) is 5.45. The Hall–Kier alpha value is -0.610. The molecule has 1 atom stereocenters. The van der Waals surface area contributed by atoms with E-state index in [0.717, 1.165) is 13.0 Å². The first kappa shape index (κ1) is 14.4. The number of ether oxygens (including phenoxy) is 1. The molecule has 15 heavy (non-hydrogen) atoms. The monoisotopic (exact) mass is 217 g/mol. The van der Waals surface area contributed by atoms with Crippen LogP contribution in [0, 0.1) is 0 Å². The van der Waals surface area contributed by atoms with Crippen LogP contribution in [-0.4, -0.2) is 36.4 Å². The summed E-state index contributed by atoms with van der Waals surface area (Å²) in [5.41, 5.74) is -0.318. The molecule has 1 rings (SSSR count). The van der Waals surface area contributed by atoms with Crippen molar-refractivity contribution in [1.29, 1.82) is 0 Å². The molecule has 1 fully saturated rings. The van der Waals surface area contributed by atoms with E-state index in [1.54, 1.807) is 0 Å². The minimum absolute atomic E-state index is 0.306. The highest BCUT2D eigenvalue weighted by atomic mass is 16.5. The van der Waals surface area contributed by atoms with Crippen LogP contribution in [0.3, 0.4) is 0 Å². The fourth-order valence-corrected chi connectivity index (χ4v) is 1.22. The molecule has 0 aromatic carbocycles. The lowest BCUT2D eigenvalue weighted by molar-refractivity contribution is -0.138. The van der Waals surface area contributed by atoms with Gasteiger partial charge in [-0.05, 0) is 40.2 Å². The van der Waals surface area contributed by atoms with E-state index in [2.05, 4.69) is 10.1 Å². The van der Waals surface area contributed by atoms with Crippen LogP contribution in [0.2, 0.25) is 0 Å². The number of carbonyl (C=O) groups excluding carboxylic acids is 1. The van der Waals surface area contributed by atoms with Gasteiger partial charge in [-0.1, -0.05) is 6.42 Å².